The van der Waals surface area contributed by atoms with E-state index >= 15 is 0 Å². The summed E-state index contributed by atoms with van der Waals surface area (Å²) in [6, 6.07) is 6.67. The fourth-order valence-corrected chi connectivity index (χ4v) is 2.02. The average Bonchev–Trinajstić information content (AvgIpc) is 2.56. The lowest BCUT2D eigenvalue weighted by Crippen LogP contribution is -2.45. The largest absolute Gasteiger partial charge is 0.491 e. The molecule has 1 rings (SSSR count). The van der Waals surface area contributed by atoms with Crippen LogP contribution in [0.2, 0.25) is 0 Å². The fraction of sp³-hybridized carbons (Fsp3) is 0.500. The van der Waals surface area contributed by atoms with E-state index in [9.17, 15) is 4.79 Å². The molecule has 6 nitrogen and oxygen atoms in total. The predicted molar refractivity (Wildman–Crippen MR) is 92.8 cm³/mol. The Labute approximate surface area is 142 Å². The Morgan fingerprint density at radius 1 is 1.35 bits per heavy atom. The number of carbonyl (C=O) groups is 1. The van der Waals surface area contributed by atoms with Crippen LogP contribution in [-0.4, -0.2) is 48.6 Å². The van der Waals surface area contributed by atoms with Crippen molar-refractivity contribution in [2.75, 3.05) is 26.4 Å². The van der Waals surface area contributed by atoms with Crippen LogP contribution in [0.5, 0.6) is 5.75 Å². The Balaban J connectivity index is 2.54. The number of aliphatic hydroxyl groups is 1. The Hall–Kier alpha value is -1.70. The lowest BCUT2D eigenvalue weighted by molar-refractivity contribution is 0.0974. The SMILES string of the molecule is CCOCCOc1cccc(C(=O)NC(=S)NC(CC)CO)c1. The van der Waals surface area contributed by atoms with Gasteiger partial charge < -0.3 is 19.9 Å². The molecule has 7 heteroatoms. The first-order chi connectivity index (χ1) is 11.1. The highest BCUT2D eigenvalue weighted by Gasteiger charge is 2.11. The van der Waals surface area contributed by atoms with Gasteiger partial charge in [-0.2, -0.15) is 0 Å². The lowest BCUT2D eigenvalue weighted by atomic mass is 10.2. The molecular formula is C16H24N2O4S. The maximum absolute atomic E-state index is 12.2. The highest BCUT2D eigenvalue weighted by atomic mass is 32.1. The molecule has 23 heavy (non-hydrogen) atoms. The number of thiocarbonyl (C=S) groups is 1. The molecule has 0 heterocycles. The molecular weight excluding hydrogens is 316 g/mol. The van der Waals surface area contributed by atoms with Crippen molar-refractivity contribution in [3.63, 3.8) is 0 Å². The van der Waals surface area contributed by atoms with E-state index in [0.29, 0.717) is 37.6 Å². The molecule has 1 aromatic rings. The van der Waals surface area contributed by atoms with E-state index in [0.717, 1.165) is 0 Å². The number of hydrogen-bond acceptors (Lipinski definition) is 5. The van der Waals surface area contributed by atoms with Crippen LogP contribution in [0.4, 0.5) is 0 Å². The zero-order chi connectivity index (χ0) is 17.1. The summed E-state index contributed by atoms with van der Waals surface area (Å²) in [5.41, 5.74) is 0.445. The maximum Gasteiger partial charge on any atom is 0.257 e. The van der Waals surface area contributed by atoms with E-state index in [2.05, 4.69) is 10.6 Å². The van der Waals surface area contributed by atoms with Crippen LogP contribution >= 0.6 is 12.2 Å². The van der Waals surface area contributed by atoms with E-state index in [1.165, 1.54) is 0 Å². The molecule has 0 saturated heterocycles. The van der Waals surface area contributed by atoms with Crippen molar-refractivity contribution < 1.29 is 19.4 Å². The third-order valence-electron chi connectivity index (χ3n) is 3.07. The first kappa shape index (κ1) is 19.3. The summed E-state index contributed by atoms with van der Waals surface area (Å²) in [6.07, 6.45) is 0.704. The molecule has 3 N–H and O–H groups in total. The van der Waals surface area contributed by atoms with Crippen LogP contribution in [0, 0.1) is 0 Å². The van der Waals surface area contributed by atoms with E-state index in [1.807, 2.05) is 13.8 Å². The van der Waals surface area contributed by atoms with Crippen LogP contribution < -0.4 is 15.4 Å². The predicted octanol–water partition coefficient (Wildman–Crippen LogP) is 1.48. The molecule has 1 atom stereocenters. The first-order valence-electron chi connectivity index (χ1n) is 7.64. The number of nitrogens with one attached hydrogen (secondary N) is 2. The van der Waals surface area contributed by atoms with Gasteiger partial charge in [-0.05, 0) is 43.8 Å². The zero-order valence-electron chi connectivity index (χ0n) is 13.5. The van der Waals surface area contributed by atoms with Gasteiger partial charge in [0.25, 0.3) is 5.91 Å². The molecule has 0 spiro atoms. The highest BCUT2D eigenvalue weighted by molar-refractivity contribution is 7.80. The Bertz CT molecular complexity index is 507. The summed E-state index contributed by atoms with van der Waals surface area (Å²) in [4.78, 5) is 12.2. The lowest BCUT2D eigenvalue weighted by Gasteiger charge is -2.16. The summed E-state index contributed by atoms with van der Waals surface area (Å²) >= 11 is 5.07. The van der Waals surface area contributed by atoms with Gasteiger partial charge in [-0.1, -0.05) is 13.0 Å². The summed E-state index contributed by atoms with van der Waals surface area (Å²) in [7, 11) is 0. The average molecular weight is 340 g/mol. The van der Waals surface area contributed by atoms with Gasteiger partial charge in [0, 0.05) is 12.2 Å². The Morgan fingerprint density at radius 2 is 2.13 bits per heavy atom. The van der Waals surface area contributed by atoms with Crippen molar-refractivity contribution in [2.45, 2.75) is 26.3 Å². The van der Waals surface area contributed by atoms with Crippen molar-refractivity contribution in [1.29, 1.82) is 0 Å². The second kappa shape index (κ2) is 10.9. The van der Waals surface area contributed by atoms with Gasteiger partial charge in [0.15, 0.2) is 5.11 Å². The number of rotatable bonds is 9. The zero-order valence-corrected chi connectivity index (χ0v) is 14.3. The fourth-order valence-electron chi connectivity index (χ4n) is 1.76. The van der Waals surface area contributed by atoms with Gasteiger partial charge in [-0.25, -0.2) is 0 Å². The van der Waals surface area contributed by atoms with Crippen molar-refractivity contribution in [2.24, 2.45) is 0 Å². The number of aliphatic hydroxyl groups excluding tert-OH is 1. The molecule has 1 unspecified atom stereocenters. The standard InChI is InChI=1S/C16H24N2O4S/c1-3-13(11-19)17-16(23)18-15(20)12-6-5-7-14(10-12)22-9-8-21-4-2/h5-7,10,13,19H,3-4,8-9,11H2,1-2H3,(H2,17,18,20,23). The summed E-state index contributed by atoms with van der Waals surface area (Å²) < 4.78 is 10.7. The van der Waals surface area contributed by atoms with E-state index in [4.69, 9.17) is 26.8 Å². The molecule has 0 radical (unpaired) electrons. The minimum absolute atomic E-state index is 0.0460. The van der Waals surface area contributed by atoms with Gasteiger partial charge in [0.05, 0.1) is 19.3 Å². The molecule has 0 aliphatic heterocycles. The van der Waals surface area contributed by atoms with Crippen LogP contribution in [0.25, 0.3) is 0 Å². The van der Waals surface area contributed by atoms with Gasteiger partial charge in [-0.15, -0.1) is 0 Å². The van der Waals surface area contributed by atoms with Crippen molar-refractivity contribution >= 4 is 23.2 Å². The van der Waals surface area contributed by atoms with Crippen molar-refractivity contribution in [3.05, 3.63) is 29.8 Å². The van der Waals surface area contributed by atoms with Crippen LogP contribution in [0.15, 0.2) is 24.3 Å². The number of ether oxygens (including phenoxy) is 2. The molecule has 0 fully saturated rings. The Morgan fingerprint density at radius 3 is 2.78 bits per heavy atom. The van der Waals surface area contributed by atoms with Crippen LogP contribution in [-0.2, 0) is 4.74 Å². The molecule has 0 bridgehead atoms. The normalized spacial score (nSPS) is 11.6. The quantitative estimate of drug-likeness (QED) is 0.467. The van der Waals surface area contributed by atoms with Crippen LogP contribution in [0.3, 0.4) is 0 Å². The van der Waals surface area contributed by atoms with Crippen molar-refractivity contribution in [1.82, 2.24) is 10.6 Å². The van der Waals surface area contributed by atoms with Gasteiger partial charge >= 0.3 is 0 Å². The summed E-state index contributed by atoms with van der Waals surface area (Å²) in [5, 5.41) is 14.8. The minimum atomic E-state index is -0.328. The monoisotopic (exact) mass is 340 g/mol. The molecule has 0 saturated carbocycles. The van der Waals surface area contributed by atoms with Crippen molar-refractivity contribution in [3.8, 4) is 5.75 Å². The van der Waals surface area contributed by atoms with Crippen LogP contribution in [0.1, 0.15) is 30.6 Å². The summed E-state index contributed by atoms with van der Waals surface area (Å²) in [6.45, 7) is 5.36. The number of carbonyl (C=O) groups excluding carboxylic acids is 1. The first-order valence-corrected chi connectivity index (χ1v) is 8.04. The number of benzene rings is 1. The maximum atomic E-state index is 12.2. The molecule has 1 amide bonds. The van der Waals surface area contributed by atoms with Gasteiger partial charge in [0.2, 0.25) is 0 Å². The van der Waals surface area contributed by atoms with Gasteiger partial charge in [-0.3, -0.25) is 10.1 Å². The second-order valence-corrected chi connectivity index (χ2v) is 5.20. The summed E-state index contributed by atoms with van der Waals surface area (Å²) in [5.74, 6) is 0.267. The second-order valence-electron chi connectivity index (χ2n) is 4.79. The van der Waals surface area contributed by atoms with E-state index in [-0.39, 0.29) is 23.7 Å². The third kappa shape index (κ3) is 7.40. The Kier molecular flexibility index (Phi) is 9.20. The molecule has 1 aromatic carbocycles. The van der Waals surface area contributed by atoms with E-state index < -0.39 is 0 Å². The topological polar surface area (TPSA) is 79.8 Å². The van der Waals surface area contributed by atoms with E-state index in [1.54, 1.807) is 24.3 Å². The highest BCUT2D eigenvalue weighted by Crippen LogP contribution is 2.13. The minimum Gasteiger partial charge on any atom is -0.491 e. The smallest absolute Gasteiger partial charge is 0.257 e. The third-order valence-corrected chi connectivity index (χ3v) is 3.29. The van der Waals surface area contributed by atoms with Gasteiger partial charge in [0.1, 0.15) is 12.4 Å². The number of amides is 1. The molecule has 128 valence electrons. The molecule has 0 aromatic heterocycles. The number of hydrogen-bond donors (Lipinski definition) is 3. The molecule has 0 aliphatic carbocycles. The molecule has 0 aliphatic rings.